The second-order valence-corrected chi connectivity index (χ2v) is 6.15. The third-order valence-electron chi connectivity index (χ3n) is 4.47. The molecule has 3 rings (SSSR count). The van der Waals surface area contributed by atoms with Crippen molar-refractivity contribution in [2.45, 2.75) is 20.4 Å². The van der Waals surface area contributed by atoms with Crippen LogP contribution in [0.1, 0.15) is 16.8 Å². The zero-order chi connectivity index (χ0) is 18.7. The molecule has 0 saturated heterocycles. The number of nitrogens with one attached hydrogen (secondary N) is 2. The Bertz CT molecular complexity index is 960. The predicted octanol–water partition coefficient (Wildman–Crippen LogP) is 3.73. The summed E-state index contributed by atoms with van der Waals surface area (Å²) in [6.07, 6.45) is 0. The first-order valence-electron chi connectivity index (χ1n) is 8.38. The van der Waals surface area contributed by atoms with E-state index in [4.69, 9.17) is 15.2 Å². The Morgan fingerprint density at radius 3 is 2.65 bits per heavy atom. The van der Waals surface area contributed by atoms with Crippen LogP contribution in [0.4, 0.5) is 5.69 Å². The molecule has 1 heterocycles. The number of nitrogens with zero attached hydrogens (tertiary/aromatic N) is 1. The van der Waals surface area contributed by atoms with E-state index in [1.54, 1.807) is 14.2 Å². The normalized spacial score (nSPS) is 11.6. The molecule has 6 nitrogen and oxygen atoms in total. The fraction of sp³-hybridized carbons (Fsp3) is 0.250. The van der Waals surface area contributed by atoms with Gasteiger partial charge in [-0.2, -0.15) is 0 Å². The second kappa shape index (κ2) is 7.39. The van der Waals surface area contributed by atoms with Crippen LogP contribution in [-0.4, -0.2) is 25.2 Å². The number of benzene rings is 2. The number of anilines is 1. The number of aliphatic imine (C=N–C) groups is 1. The van der Waals surface area contributed by atoms with Crippen LogP contribution in [0.3, 0.4) is 0 Å². The highest BCUT2D eigenvalue weighted by atomic mass is 16.5. The number of rotatable bonds is 5. The van der Waals surface area contributed by atoms with Crippen LogP contribution in [0.5, 0.6) is 11.5 Å². The SMILES string of the molecule is COc1ccc(OC)c(NC(N)=NCc2ccc3[nH]c(C)c(C)c3c2)c1. The molecular formula is C20H24N4O2. The highest BCUT2D eigenvalue weighted by Crippen LogP contribution is 2.28. The number of nitrogens with two attached hydrogens (primary N) is 1. The van der Waals surface area contributed by atoms with Crippen LogP contribution in [0.25, 0.3) is 10.9 Å². The molecule has 0 bridgehead atoms. The minimum atomic E-state index is 0.318. The molecule has 2 aromatic carbocycles. The van der Waals surface area contributed by atoms with Crippen molar-refractivity contribution in [3.8, 4) is 11.5 Å². The summed E-state index contributed by atoms with van der Waals surface area (Å²) < 4.78 is 10.6. The summed E-state index contributed by atoms with van der Waals surface area (Å²) in [5, 5.41) is 4.29. The van der Waals surface area contributed by atoms with Crippen LogP contribution in [-0.2, 0) is 6.54 Å². The molecule has 26 heavy (non-hydrogen) atoms. The van der Waals surface area contributed by atoms with E-state index in [1.165, 1.54) is 16.6 Å². The zero-order valence-electron chi connectivity index (χ0n) is 15.5. The van der Waals surface area contributed by atoms with Crippen molar-refractivity contribution in [3.63, 3.8) is 0 Å². The molecule has 3 aromatic rings. The average molecular weight is 352 g/mol. The van der Waals surface area contributed by atoms with Crippen LogP contribution < -0.4 is 20.5 Å². The number of hydrogen-bond donors (Lipinski definition) is 3. The first-order valence-corrected chi connectivity index (χ1v) is 8.38. The third kappa shape index (κ3) is 3.59. The number of aryl methyl sites for hydroxylation is 2. The van der Waals surface area contributed by atoms with Crippen molar-refractivity contribution < 1.29 is 9.47 Å². The predicted molar refractivity (Wildman–Crippen MR) is 106 cm³/mol. The van der Waals surface area contributed by atoms with E-state index in [2.05, 4.69) is 47.3 Å². The Labute approximate surface area is 153 Å². The van der Waals surface area contributed by atoms with E-state index in [1.807, 2.05) is 18.2 Å². The van der Waals surface area contributed by atoms with Gasteiger partial charge in [0.2, 0.25) is 0 Å². The molecule has 0 unspecified atom stereocenters. The summed E-state index contributed by atoms with van der Waals surface area (Å²) in [6, 6.07) is 11.7. The molecule has 0 spiro atoms. The third-order valence-corrected chi connectivity index (χ3v) is 4.47. The molecular weight excluding hydrogens is 328 g/mol. The minimum Gasteiger partial charge on any atom is -0.497 e. The summed E-state index contributed by atoms with van der Waals surface area (Å²) >= 11 is 0. The summed E-state index contributed by atoms with van der Waals surface area (Å²) in [7, 11) is 3.22. The monoisotopic (exact) mass is 352 g/mol. The number of ether oxygens (including phenoxy) is 2. The van der Waals surface area contributed by atoms with Gasteiger partial charge in [0.05, 0.1) is 26.5 Å². The average Bonchev–Trinajstić information content (AvgIpc) is 2.93. The zero-order valence-corrected chi connectivity index (χ0v) is 15.5. The van der Waals surface area contributed by atoms with Gasteiger partial charge in [0, 0.05) is 22.7 Å². The van der Waals surface area contributed by atoms with Gasteiger partial charge in [0.15, 0.2) is 5.96 Å². The molecule has 0 atom stereocenters. The lowest BCUT2D eigenvalue weighted by Gasteiger charge is -2.12. The number of aromatic nitrogens is 1. The summed E-state index contributed by atoms with van der Waals surface area (Å²) in [6.45, 7) is 4.69. The van der Waals surface area contributed by atoms with Gasteiger partial charge < -0.3 is 25.5 Å². The molecule has 136 valence electrons. The minimum absolute atomic E-state index is 0.318. The number of guanidine groups is 1. The molecule has 0 aliphatic rings. The van der Waals surface area contributed by atoms with Gasteiger partial charge in [-0.3, -0.25) is 0 Å². The number of aromatic amines is 1. The van der Waals surface area contributed by atoms with Crippen molar-refractivity contribution in [3.05, 3.63) is 53.2 Å². The fourth-order valence-corrected chi connectivity index (χ4v) is 2.87. The molecule has 0 amide bonds. The molecule has 0 fully saturated rings. The lowest BCUT2D eigenvalue weighted by atomic mass is 10.1. The van der Waals surface area contributed by atoms with Crippen LogP contribution in [0, 0.1) is 13.8 Å². The van der Waals surface area contributed by atoms with Crippen molar-refractivity contribution in [1.29, 1.82) is 0 Å². The molecule has 4 N–H and O–H groups in total. The Hall–Kier alpha value is -3.15. The molecule has 0 saturated carbocycles. The first-order chi connectivity index (χ1) is 12.5. The second-order valence-electron chi connectivity index (χ2n) is 6.15. The van der Waals surface area contributed by atoms with Crippen molar-refractivity contribution in [2.24, 2.45) is 10.7 Å². The smallest absolute Gasteiger partial charge is 0.193 e. The van der Waals surface area contributed by atoms with E-state index >= 15 is 0 Å². The Kier molecular flexibility index (Phi) is 5.02. The van der Waals surface area contributed by atoms with Crippen LogP contribution in [0.2, 0.25) is 0 Å². The molecule has 0 aliphatic carbocycles. The van der Waals surface area contributed by atoms with Gasteiger partial charge in [0.1, 0.15) is 11.5 Å². The van der Waals surface area contributed by atoms with Gasteiger partial charge in [0.25, 0.3) is 0 Å². The lowest BCUT2D eigenvalue weighted by molar-refractivity contribution is 0.405. The van der Waals surface area contributed by atoms with E-state index in [0.29, 0.717) is 29.7 Å². The molecule has 0 radical (unpaired) electrons. The van der Waals surface area contributed by atoms with Gasteiger partial charge in [-0.05, 0) is 49.2 Å². The molecule has 0 aliphatic heterocycles. The quantitative estimate of drug-likeness (QED) is 0.482. The summed E-state index contributed by atoms with van der Waals surface area (Å²) in [4.78, 5) is 7.82. The van der Waals surface area contributed by atoms with Crippen LogP contribution in [0.15, 0.2) is 41.4 Å². The maximum Gasteiger partial charge on any atom is 0.193 e. The number of H-pyrrole nitrogens is 1. The van der Waals surface area contributed by atoms with Crippen molar-refractivity contribution >= 4 is 22.5 Å². The van der Waals surface area contributed by atoms with Gasteiger partial charge in [-0.25, -0.2) is 4.99 Å². The van der Waals surface area contributed by atoms with Crippen molar-refractivity contribution in [1.82, 2.24) is 4.98 Å². The maximum atomic E-state index is 6.05. The van der Waals surface area contributed by atoms with E-state index in [0.717, 1.165) is 11.1 Å². The standard InChI is InChI=1S/C20H24N4O2/c1-12-13(2)23-17-7-5-14(9-16(12)17)11-22-20(21)24-18-10-15(25-3)6-8-19(18)26-4/h5-10,23H,11H2,1-4H3,(H3,21,22,24). The Morgan fingerprint density at radius 1 is 1.12 bits per heavy atom. The van der Waals surface area contributed by atoms with E-state index in [-0.39, 0.29) is 0 Å². The lowest BCUT2D eigenvalue weighted by Crippen LogP contribution is -2.23. The maximum absolute atomic E-state index is 6.05. The van der Waals surface area contributed by atoms with Gasteiger partial charge in [-0.15, -0.1) is 0 Å². The van der Waals surface area contributed by atoms with E-state index < -0.39 is 0 Å². The van der Waals surface area contributed by atoms with Gasteiger partial charge >= 0.3 is 0 Å². The van der Waals surface area contributed by atoms with Crippen molar-refractivity contribution in [2.75, 3.05) is 19.5 Å². The first kappa shape index (κ1) is 17.7. The summed E-state index contributed by atoms with van der Waals surface area (Å²) in [5.74, 6) is 1.70. The molecule has 1 aromatic heterocycles. The number of methoxy groups -OCH3 is 2. The highest BCUT2D eigenvalue weighted by molar-refractivity contribution is 5.94. The Morgan fingerprint density at radius 2 is 1.92 bits per heavy atom. The Balaban J connectivity index is 1.77. The molecule has 6 heteroatoms. The number of hydrogen-bond acceptors (Lipinski definition) is 3. The largest absolute Gasteiger partial charge is 0.497 e. The topological polar surface area (TPSA) is 84.7 Å². The fourth-order valence-electron chi connectivity index (χ4n) is 2.87. The number of fused-ring (bicyclic) bond motifs is 1. The van der Waals surface area contributed by atoms with Gasteiger partial charge in [-0.1, -0.05) is 6.07 Å². The van der Waals surface area contributed by atoms with E-state index in [9.17, 15) is 0 Å². The van der Waals surface area contributed by atoms with Crippen LogP contribution >= 0.6 is 0 Å². The highest BCUT2D eigenvalue weighted by Gasteiger charge is 2.07. The summed E-state index contributed by atoms with van der Waals surface area (Å²) in [5.41, 5.74) is 11.4.